The molecule has 104 valence electrons. The SMILES string of the molecule is CC(NC(=O)c1cc(NN)ccn1)c1cccc(F)c1. The molecule has 1 heterocycles. The molecule has 1 unspecified atom stereocenters. The smallest absolute Gasteiger partial charge is 0.270 e. The summed E-state index contributed by atoms with van der Waals surface area (Å²) >= 11 is 0. The van der Waals surface area contributed by atoms with Crippen LogP contribution in [0.3, 0.4) is 0 Å². The maximum atomic E-state index is 13.1. The molecule has 0 spiro atoms. The lowest BCUT2D eigenvalue weighted by atomic mass is 10.1. The van der Waals surface area contributed by atoms with Crippen LogP contribution in [0.5, 0.6) is 0 Å². The van der Waals surface area contributed by atoms with Crippen molar-refractivity contribution in [1.82, 2.24) is 10.3 Å². The van der Waals surface area contributed by atoms with Gasteiger partial charge in [-0.15, -0.1) is 0 Å². The van der Waals surface area contributed by atoms with E-state index in [1.165, 1.54) is 24.4 Å². The van der Waals surface area contributed by atoms with Gasteiger partial charge >= 0.3 is 0 Å². The molecule has 0 saturated heterocycles. The maximum Gasteiger partial charge on any atom is 0.270 e. The number of carbonyl (C=O) groups excluding carboxylic acids is 1. The fraction of sp³-hybridized carbons (Fsp3) is 0.143. The average Bonchev–Trinajstić information content (AvgIpc) is 2.47. The molecule has 1 atom stereocenters. The van der Waals surface area contributed by atoms with Crippen LogP contribution in [0.1, 0.15) is 29.0 Å². The largest absolute Gasteiger partial charge is 0.344 e. The lowest BCUT2D eigenvalue weighted by Crippen LogP contribution is -2.27. The summed E-state index contributed by atoms with van der Waals surface area (Å²) in [4.78, 5) is 16.0. The van der Waals surface area contributed by atoms with Crippen LogP contribution in [0.4, 0.5) is 10.1 Å². The average molecular weight is 274 g/mol. The summed E-state index contributed by atoms with van der Waals surface area (Å²) < 4.78 is 13.1. The van der Waals surface area contributed by atoms with E-state index in [2.05, 4.69) is 15.7 Å². The van der Waals surface area contributed by atoms with Crippen molar-refractivity contribution < 1.29 is 9.18 Å². The lowest BCUT2D eigenvalue weighted by molar-refractivity contribution is 0.0935. The molecule has 0 bridgehead atoms. The zero-order valence-corrected chi connectivity index (χ0v) is 10.9. The summed E-state index contributed by atoms with van der Waals surface area (Å²) in [7, 11) is 0. The van der Waals surface area contributed by atoms with E-state index in [0.29, 0.717) is 11.3 Å². The fourth-order valence-corrected chi connectivity index (χ4v) is 1.77. The summed E-state index contributed by atoms with van der Waals surface area (Å²) in [6.07, 6.45) is 1.48. The number of carbonyl (C=O) groups is 1. The number of amides is 1. The minimum absolute atomic E-state index is 0.240. The van der Waals surface area contributed by atoms with Crippen molar-refractivity contribution in [2.75, 3.05) is 5.43 Å². The van der Waals surface area contributed by atoms with Crippen molar-refractivity contribution in [3.8, 4) is 0 Å². The van der Waals surface area contributed by atoms with Crippen molar-refractivity contribution in [3.63, 3.8) is 0 Å². The highest BCUT2D eigenvalue weighted by Gasteiger charge is 2.13. The van der Waals surface area contributed by atoms with Gasteiger partial charge in [0.05, 0.1) is 11.7 Å². The first-order chi connectivity index (χ1) is 9.60. The van der Waals surface area contributed by atoms with Crippen molar-refractivity contribution >= 4 is 11.6 Å². The number of aromatic nitrogens is 1. The molecule has 1 aromatic heterocycles. The minimum atomic E-state index is -0.348. The predicted octanol–water partition coefficient (Wildman–Crippen LogP) is 2.00. The Morgan fingerprint density at radius 1 is 1.35 bits per heavy atom. The Morgan fingerprint density at radius 3 is 2.85 bits per heavy atom. The molecule has 0 saturated carbocycles. The normalized spacial score (nSPS) is 11.8. The number of nitrogens with two attached hydrogens (primary N) is 1. The molecular formula is C14H15FN4O. The first kappa shape index (κ1) is 14.0. The standard InChI is InChI=1S/C14H15FN4O/c1-9(10-3-2-4-11(15)7-10)18-14(20)13-8-12(19-16)5-6-17-13/h2-9H,16H2,1H3,(H,17,19)(H,18,20). The maximum absolute atomic E-state index is 13.1. The fourth-order valence-electron chi connectivity index (χ4n) is 1.77. The monoisotopic (exact) mass is 274 g/mol. The van der Waals surface area contributed by atoms with Gasteiger partial charge in [-0.1, -0.05) is 12.1 Å². The van der Waals surface area contributed by atoms with Gasteiger partial charge in [-0.3, -0.25) is 15.6 Å². The van der Waals surface area contributed by atoms with Crippen LogP contribution in [0.15, 0.2) is 42.6 Å². The zero-order valence-electron chi connectivity index (χ0n) is 10.9. The van der Waals surface area contributed by atoms with Crippen LogP contribution in [-0.2, 0) is 0 Å². The van der Waals surface area contributed by atoms with Gasteiger partial charge in [0.1, 0.15) is 11.5 Å². The van der Waals surface area contributed by atoms with Crippen molar-refractivity contribution in [2.24, 2.45) is 5.84 Å². The third-order valence-electron chi connectivity index (χ3n) is 2.86. The molecule has 2 aromatic rings. The second-order valence-electron chi connectivity index (χ2n) is 4.32. The summed E-state index contributed by atoms with van der Waals surface area (Å²) in [5.41, 5.74) is 3.96. The number of anilines is 1. The van der Waals surface area contributed by atoms with E-state index in [-0.39, 0.29) is 23.5 Å². The summed E-state index contributed by atoms with van der Waals surface area (Å²) in [6.45, 7) is 1.78. The van der Waals surface area contributed by atoms with E-state index >= 15 is 0 Å². The van der Waals surface area contributed by atoms with Gasteiger partial charge in [-0.2, -0.15) is 0 Å². The van der Waals surface area contributed by atoms with Gasteiger partial charge in [-0.25, -0.2) is 4.39 Å². The van der Waals surface area contributed by atoms with E-state index in [4.69, 9.17) is 5.84 Å². The van der Waals surface area contributed by atoms with Crippen LogP contribution < -0.4 is 16.6 Å². The predicted molar refractivity (Wildman–Crippen MR) is 74.3 cm³/mol. The highest BCUT2D eigenvalue weighted by Crippen LogP contribution is 2.14. The highest BCUT2D eigenvalue weighted by atomic mass is 19.1. The molecule has 20 heavy (non-hydrogen) atoms. The molecule has 1 amide bonds. The van der Waals surface area contributed by atoms with Crippen molar-refractivity contribution in [1.29, 1.82) is 0 Å². The van der Waals surface area contributed by atoms with Gasteiger partial charge in [0.15, 0.2) is 0 Å². The number of nitrogens with zero attached hydrogens (tertiary/aromatic N) is 1. The molecule has 0 aliphatic heterocycles. The van der Waals surface area contributed by atoms with E-state index in [1.807, 2.05) is 0 Å². The molecule has 1 aromatic carbocycles. The van der Waals surface area contributed by atoms with Crippen LogP contribution in [0, 0.1) is 5.82 Å². The van der Waals surface area contributed by atoms with Crippen molar-refractivity contribution in [2.45, 2.75) is 13.0 Å². The van der Waals surface area contributed by atoms with Crippen molar-refractivity contribution in [3.05, 3.63) is 59.7 Å². The number of pyridine rings is 1. The number of nitrogens with one attached hydrogen (secondary N) is 2. The van der Waals surface area contributed by atoms with E-state index in [0.717, 1.165) is 0 Å². The van der Waals surface area contributed by atoms with Gasteiger partial charge in [0.2, 0.25) is 0 Å². The Hall–Kier alpha value is -2.47. The quantitative estimate of drug-likeness (QED) is 0.588. The minimum Gasteiger partial charge on any atom is -0.344 e. The van der Waals surface area contributed by atoms with E-state index in [1.54, 1.807) is 25.1 Å². The number of nitrogen functional groups attached to an aromatic ring is 1. The zero-order chi connectivity index (χ0) is 14.5. The molecule has 5 nitrogen and oxygen atoms in total. The van der Waals surface area contributed by atoms with Crippen LogP contribution in [-0.4, -0.2) is 10.9 Å². The molecule has 0 aliphatic carbocycles. The Kier molecular flexibility index (Phi) is 4.27. The van der Waals surface area contributed by atoms with E-state index < -0.39 is 0 Å². The first-order valence-corrected chi connectivity index (χ1v) is 6.09. The molecule has 0 fully saturated rings. The summed E-state index contributed by atoms with van der Waals surface area (Å²) in [5, 5.41) is 2.75. The first-order valence-electron chi connectivity index (χ1n) is 6.09. The van der Waals surface area contributed by atoms with Gasteiger partial charge < -0.3 is 10.7 Å². The molecule has 0 aliphatic rings. The summed E-state index contributed by atoms with van der Waals surface area (Å²) in [5.74, 6) is 4.59. The number of benzene rings is 1. The Labute approximate surface area is 116 Å². The Morgan fingerprint density at radius 2 is 2.15 bits per heavy atom. The third-order valence-corrected chi connectivity index (χ3v) is 2.86. The van der Waals surface area contributed by atoms with Gasteiger partial charge in [-0.05, 0) is 36.8 Å². The topological polar surface area (TPSA) is 80.0 Å². The molecule has 0 radical (unpaired) electrons. The van der Waals surface area contributed by atoms with Gasteiger partial charge in [0.25, 0.3) is 5.91 Å². The number of rotatable bonds is 4. The second kappa shape index (κ2) is 6.12. The number of hydrogen-bond acceptors (Lipinski definition) is 4. The molecule has 4 N–H and O–H groups in total. The van der Waals surface area contributed by atoms with Crippen LogP contribution in [0.2, 0.25) is 0 Å². The molecular weight excluding hydrogens is 259 g/mol. The Balaban J connectivity index is 2.10. The molecule has 2 rings (SSSR count). The number of hydrogen-bond donors (Lipinski definition) is 3. The lowest BCUT2D eigenvalue weighted by Gasteiger charge is -2.14. The molecule has 6 heteroatoms. The Bertz CT molecular complexity index is 618. The number of halogens is 1. The second-order valence-corrected chi connectivity index (χ2v) is 4.32. The third kappa shape index (κ3) is 3.30. The highest BCUT2D eigenvalue weighted by molar-refractivity contribution is 5.93. The van der Waals surface area contributed by atoms with Crippen LogP contribution in [0.25, 0.3) is 0 Å². The summed E-state index contributed by atoms with van der Waals surface area (Å²) in [6, 6.07) is 8.95. The van der Waals surface area contributed by atoms with E-state index in [9.17, 15) is 9.18 Å². The van der Waals surface area contributed by atoms with Crippen LogP contribution >= 0.6 is 0 Å². The van der Waals surface area contributed by atoms with Gasteiger partial charge in [0, 0.05) is 6.20 Å². The number of hydrazine groups is 1.